The van der Waals surface area contributed by atoms with E-state index in [-0.39, 0.29) is 25.7 Å². The van der Waals surface area contributed by atoms with Gasteiger partial charge in [0.1, 0.15) is 0 Å². The van der Waals surface area contributed by atoms with Gasteiger partial charge in [-0.2, -0.15) is 0 Å². The molecule has 3 nitrogen and oxygen atoms in total. The molecule has 1 aliphatic heterocycles. The van der Waals surface area contributed by atoms with Gasteiger partial charge in [-0.1, -0.05) is 0 Å². The molecule has 1 aliphatic rings. The summed E-state index contributed by atoms with van der Waals surface area (Å²) in [6.45, 7) is 1.94. The molecular formula is C16H14N2OSe. The maximum absolute atomic E-state index is 12.5. The molecule has 3 rings (SSSR count). The zero-order chi connectivity index (χ0) is 13.9. The van der Waals surface area contributed by atoms with Crippen molar-refractivity contribution in [2.75, 3.05) is 5.01 Å². The Balaban J connectivity index is 1.82. The topological polar surface area (TPSA) is 32.7 Å². The SMILES string of the molecule is CC1=NN(c2ccccc2)C(=O)[C@@H]1[Se]c1ccccc1. The van der Waals surface area contributed by atoms with Crippen molar-refractivity contribution in [1.29, 1.82) is 0 Å². The number of nitrogens with zero attached hydrogens (tertiary/aromatic N) is 2. The number of carbonyl (C=O) groups is 1. The Morgan fingerprint density at radius 3 is 2.25 bits per heavy atom. The summed E-state index contributed by atoms with van der Waals surface area (Å²) in [7, 11) is 0. The van der Waals surface area contributed by atoms with Crippen LogP contribution in [0.5, 0.6) is 0 Å². The number of hydrogen-bond acceptors (Lipinski definition) is 2. The van der Waals surface area contributed by atoms with Crippen molar-refractivity contribution in [2.24, 2.45) is 5.10 Å². The van der Waals surface area contributed by atoms with Crippen LogP contribution in [0.2, 0.25) is 4.82 Å². The first-order valence-corrected chi connectivity index (χ1v) is 8.26. The molecule has 20 heavy (non-hydrogen) atoms. The second-order valence-corrected chi connectivity index (χ2v) is 7.01. The molecule has 1 amide bonds. The Hall–Kier alpha value is -1.90. The van der Waals surface area contributed by atoms with Gasteiger partial charge in [0.15, 0.2) is 0 Å². The third-order valence-corrected chi connectivity index (χ3v) is 5.84. The summed E-state index contributed by atoms with van der Waals surface area (Å²) in [6, 6.07) is 19.8. The van der Waals surface area contributed by atoms with Gasteiger partial charge in [0.05, 0.1) is 0 Å². The average molecular weight is 329 g/mol. The fourth-order valence-electron chi connectivity index (χ4n) is 2.07. The molecule has 0 aliphatic carbocycles. The number of para-hydroxylation sites is 1. The Morgan fingerprint density at radius 1 is 1.00 bits per heavy atom. The molecule has 0 saturated carbocycles. The van der Waals surface area contributed by atoms with Crippen LogP contribution in [-0.2, 0) is 4.79 Å². The van der Waals surface area contributed by atoms with Crippen LogP contribution in [0.4, 0.5) is 5.69 Å². The molecule has 4 heteroatoms. The number of hydrogen-bond donors (Lipinski definition) is 0. The van der Waals surface area contributed by atoms with Crippen molar-refractivity contribution < 1.29 is 4.79 Å². The van der Waals surface area contributed by atoms with Gasteiger partial charge in [0.2, 0.25) is 0 Å². The van der Waals surface area contributed by atoms with Crippen LogP contribution in [0.25, 0.3) is 0 Å². The molecule has 0 radical (unpaired) electrons. The number of carbonyl (C=O) groups excluding carboxylic acids is 1. The molecule has 0 fully saturated rings. The first-order chi connectivity index (χ1) is 9.75. The third kappa shape index (κ3) is 2.53. The first-order valence-electron chi connectivity index (χ1n) is 6.41. The van der Waals surface area contributed by atoms with Crippen molar-refractivity contribution in [2.45, 2.75) is 11.7 Å². The van der Waals surface area contributed by atoms with E-state index >= 15 is 0 Å². The predicted molar refractivity (Wildman–Crippen MR) is 82.6 cm³/mol. The van der Waals surface area contributed by atoms with E-state index in [1.54, 1.807) is 0 Å². The number of benzene rings is 2. The van der Waals surface area contributed by atoms with E-state index in [4.69, 9.17) is 0 Å². The zero-order valence-electron chi connectivity index (χ0n) is 11.1. The van der Waals surface area contributed by atoms with Crippen molar-refractivity contribution in [1.82, 2.24) is 0 Å². The van der Waals surface area contributed by atoms with Gasteiger partial charge >= 0.3 is 124 Å². The molecule has 0 N–H and O–H groups in total. The van der Waals surface area contributed by atoms with Crippen LogP contribution in [0, 0.1) is 0 Å². The van der Waals surface area contributed by atoms with Crippen LogP contribution in [0.3, 0.4) is 0 Å². The van der Waals surface area contributed by atoms with Crippen molar-refractivity contribution in [3.05, 3.63) is 60.7 Å². The van der Waals surface area contributed by atoms with E-state index in [1.165, 1.54) is 9.47 Å². The summed E-state index contributed by atoms with van der Waals surface area (Å²) in [5.41, 5.74) is 1.74. The van der Waals surface area contributed by atoms with Crippen LogP contribution >= 0.6 is 0 Å². The summed E-state index contributed by atoms with van der Waals surface area (Å²) in [5.74, 6) is 0.0811. The summed E-state index contributed by atoms with van der Waals surface area (Å²) >= 11 is 0.0788. The van der Waals surface area contributed by atoms with Gasteiger partial charge in [0, 0.05) is 0 Å². The van der Waals surface area contributed by atoms with Crippen molar-refractivity contribution in [3.8, 4) is 0 Å². The van der Waals surface area contributed by atoms with E-state index in [0.717, 1.165) is 11.4 Å². The summed E-state index contributed by atoms with van der Waals surface area (Å²) < 4.78 is 1.22. The first kappa shape index (κ1) is 13.1. The van der Waals surface area contributed by atoms with E-state index in [2.05, 4.69) is 17.2 Å². The Morgan fingerprint density at radius 2 is 1.60 bits per heavy atom. The number of rotatable bonds is 3. The second kappa shape index (κ2) is 5.61. The molecule has 0 unspecified atom stereocenters. The average Bonchev–Trinajstić information content (AvgIpc) is 2.77. The van der Waals surface area contributed by atoms with Gasteiger partial charge in [-0.3, -0.25) is 0 Å². The van der Waals surface area contributed by atoms with Gasteiger partial charge < -0.3 is 0 Å². The maximum atomic E-state index is 12.5. The Bertz CT molecular complexity index is 640. The van der Waals surface area contributed by atoms with Gasteiger partial charge in [0.25, 0.3) is 0 Å². The number of amides is 1. The summed E-state index contributed by atoms with van der Waals surface area (Å²) in [6.07, 6.45) is 0. The van der Waals surface area contributed by atoms with E-state index in [9.17, 15) is 4.79 Å². The minimum absolute atomic E-state index is 0.0788. The molecule has 2 aromatic rings. The molecule has 1 atom stereocenters. The van der Waals surface area contributed by atoms with Crippen LogP contribution in [0.1, 0.15) is 6.92 Å². The molecule has 0 saturated heterocycles. The second-order valence-electron chi connectivity index (χ2n) is 4.54. The molecule has 100 valence electrons. The van der Waals surface area contributed by atoms with Gasteiger partial charge in [-0.05, 0) is 0 Å². The Kier molecular flexibility index (Phi) is 3.68. The zero-order valence-corrected chi connectivity index (χ0v) is 12.8. The molecule has 0 aromatic heterocycles. The Labute approximate surface area is 124 Å². The van der Waals surface area contributed by atoms with Crippen LogP contribution in [0.15, 0.2) is 65.8 Å². The fourth-order valence-corrected chi connectivity index (χ4v) is 4.18. The number of anilines is 1. The predicted octanol–water partition coefficient (Wildman–Crippen LogP) is 2.23. The minimum atomic E-state index is -0.0925. The van der Waals surface area contributed by atoms with Crippen LogP contribution < -0.4 is 9.47 Å². The summed E-state index contributed by atoms with van der Waals surface area (Å²) in [4.78, 5) is 12.5. The summed E-state index contributed by atoms with van der Waals surface area (Å²) in [5, 5.41) is 5.97. The van der Waals surface area contributed by atoms with Crippen LogP contribution in [-0.4, -0.2) is 26.6 Å². The van der Waals surface area contributed by atoms with E-state index in [1.807, 2.05) is 55.5 Å². The fraction of sp³-hybridized carbons (Fsp3) is 0.125. The molecule has 0 spiro atoms. The molecular weight excluding hydrogens is 315 g/mol. The van der Waals surface area contributed by atoms with E-state index in [0.29, 0.717) is 0 Å². The monoisotopic (exact) mass is 330 g/mol. The third-order valence-electron chi connectivity index (χ3n) is 3.07. The quantitative estimate of drug-likeness (QED) is 0.795. The molecule has 2 aromatic carbocycles. The van der Waals surface area contributed by atoms with Gasteiger partial charge in [-0.25, -0.2) is 0 Å². The van der Waals surface area contributed by atoms with Gasteiger partial charge in [-0.15, -0.1) is 0 Å². The number of hydrazone groups is 1. The molecule has 1 heterocycles. The van der Waals surface area contributed by atoms with E-state index < -0.39 is 0 Å². The standard InChI is InChI=1S/C16H14N2OSe/c1-12-15(20-14-10-6-3-7-11-14)16(19)18(17-12)13-8-4-2-5-9-13/h2-11,15H,1H3/t15-/m1/s1. The van der Waals surface area contributed by atoms with Crippen molar-refractivity contribution >= 4 is 36.7 Å². The van der Waals surface area contributed by atoms with Crippen molar-refractivity contribution in [3.63, 3.8) is 0 Å². The molecule has 0 bridgehead atoms. The normalized spacial score (nSPS) is 18.2.